The molecular formula is C19H17F3N2O4S. The summed E-state index contributed by atoms with van der Waals surface area (Å²) >= 11 is 0. The molecule has 1 N–H and O–H groups in total. The molecule has 0 bridgehead atoms. The monoisotopic (exact) mass is 426 g/mol. The van der Waals surface area contributed by atoms with E-state index in [-0.39, 0.29) is 22.7 Å². The number of hydrogen-bond donors (Lipinski definition) is 1. The Labute approximate surface area is 165 Å². The number of carbonyl (C=O) groups excluding carboxylic acids is 2. The van der Waals surface area contributed by atoms with Crippen molar-refractivity contribution in [3.05, 3.63) is 54.1 Å². The third-order valence-electron chi connectivity index (χ3n) is 4.53. The van der Waals surface area contributed by atoms with Crippen molar-refractivity contribution >= 4 is 33.0 Å². The summed E-state index contributed by atoms with van der Waals surface area (Å²) in [4.78, 5) is 26.0. The molecule has 2 aromatic carbocycles. The third kappa shape index (κ3) is 4.26. The molecule has 6 nitrogen and oxygen atoms in total. The number of rotatable bonds is 3. The van der Waals surface area contributed by atoms with E-state index in [0.29, 0.717) is 0 Å². The SMILES string of the molecule is C[C@H]1CC(=O)N(CC(=O)Nc2cccc(C(F)(F)F)c2)c2ccccc2S1(=O)=O. The van der Waals surface area contributed by atoms with Crippen molar-refractivity contribution in [1.29, 1.82) is 0 Å². The maximum absolute atomic E-state index is 12.8. The zero-order chi connectivity index (χ0) is 21.4. The van der Waals surface area contributed by atoms with Gasteiger partial charge >= 0.3 is 6.18 Å². The molecule has 1 aliphatic heterocycles. The summed E-state index contributed by atoms with van der Waals surface area (Å²) in [6.45, 7) is 0.880. The van der Waals surface area contributed by atoms with Gasteiger partial charge in [-0.2, -0.15) is 13.2 Å². The Morgan fingerprint density at radius 1 is 1.17 bits per heavy atom. The van der Waals surface area contributed by atoms with Crippen molar-refractivity contribution in [3.63, 3.8) is 0 Å². The number of alkyl halides is 3. The van der Waals surface area contributed by atoms with E-state index in [1.807, 2.05) is 0 Å². The molecule has 0 spiro atoms. The molecule has 0 saturated carbocycles. The van der Waals surface area contributed by atoms with Crippen molar-refractivity contribution in [3.8, 4) is 0 Å². The first-order valence-corrected chi connectivity index (χ1v) is 10.1. The van der Waals surface area contributed by atoms with Crippen LogP contribution in [0.5, 0.6) is 0 Å². The number of benzene rings is 2. The van der Waals surface area contributed by atoms with Crippen LogP contribution >= 0.6 is 0 Å². The fourth-order valence-corrected chi connectivity index (χ4v) is 4.56. The molecule has 0 saturated heterocycles. The summed E-state index contributed by atoms with van der Waals surface area (Å²) in [7, 11) is -3.76. The number of sulfone groups is 1. The lowest BCUT2D eigenvalue weighted by Crippen LogP contribution is -2.38. The predicted octanol–water partition coefficient (Wildman–Crippen LogP) is 3.24. The molecule has 0 radical (unpaired) electrons. The van der Waals surface area contributed by atoms with Gasteiger partial charge in [-0.1, -0.05) is 18.2 Å². The van der Waals surface area contributed by atoms with E-state index in [4.69, 9.17) is 0 Å². The van der Waals surface area contributed by atoms with Crippen LogP contribution in [0.25, 0.3) is 0 Å². The number of carbonyl (C=O) groups is 2. The van der Waals surface area contributed by atoms with Crippen molar-refractivity contribution < 1.29 is 31.2 Å². The Kier molecular flexibility index (Phi) is 5.40. The molecule has 2 amide bonds. The second kappa shape index (κ2) is 7.51. The Morgan fingerprint density at radius 3 is 2.55 bits per heavy atom. The van der Waals surface area contributed by atoms with E-state index in [0.717, 1.165) is 23.1 Å². The number of nitrogens with zero attached hydrogens (tertiary/aromatic N) is 1. The van der Waals surface area contributed by atoms with Crippen LogP contribution in [0.15, 0.2) is 53.4 Å². The first kappa shape index (κ1) is 20.8. The van der Waals surface area contributed by atoms with Crippen LogP contribution in [-0.4, -0.2) is 32.0 Å². The van der Waals surface area contributed by atoms with Crippen molar-refractivity contribution in [2.45, 2.75) is 29.7 Å². The molecule has 1 aliphatic rings. The van der Waals surface area contributed by atoms with Crippen molar-refractivity contribution in [2.24, 2.45) is 0 Å². The van der Waals surface area contributed by atoms with Crippen LogP contribution in [0, 0.1) is 0 Å². The lowest BCUT2D eigenvalue weighted by Gasteiger charge is -2.22. The number of halogens is 3. The van der Waals surface area contributed by atoms with Crippen LogP contribution < -0.4 is 10.2 Å². The van der Waals surface area contributed by atoms with E-state index in [1.165, 1.54) is 37.3 Å². The minimum atomic E-state index is -4.56. The third-order valence-corrected chi connectivity index (χ3v) is 6.72. The summed E-state index contributed by atoms with van der Waals surface area (Å²) in [6.07, 6.45) is -4.88. The minimum Gasteiger partial charge on any atom is -0.325 e. The minimum absolute atomic E-state index is 0.0646. The predicted molar refractivity (Wildman–Crippen MR) is 100 cm³/mol. The maximum Gasteiger partial charge on any atom is 0.416 e. The fraction of sp³-hybridized carbons (Fsp3) is 0.263. The van der Waals surface area contributed by atoms with E-state index < -0.39 is 45.2 Å². The molecule has 154 valence electrons. The summed E-state index contributed by atoms with van der Waals surface area (Å²) < 4.78 is 63.8. The van der Waals surface area contributed by atoms with Gasteiger partial charge in [0.2, 0.25) is 11.8 Å². The molecule has 10 heteroatoms. The van der Waals surface area contributed by atoms with Gasteiger partial charge in [-0.15, -0.1) is 0 Å². The van der Waals surface area contributed by atoms with Gasteiger partial charge in [0.25, 0.3) is 0 Å². The zero-order valence-corrected chi connectivity index (χ0v) is 16.0. The van der Waals surface area contributed by atoms with Gasteiger partial charge in [-0.25, -0.2) is 8.42 Å². The highest BCUT2D eigenvalue weighted by molar-refractivity contribution is 7.92. The average molecular weight is 426 g/mol. The summed E-state index contributed by atoms with van der Waals surface area (Å²) in [5.41, 5.74) is -0.936. The smallest absolute Gasteiger partial charge is 0.325 e. The number of amides is 2. The molecule has 3 rings (SSSR count). The van der Waals surface area contributed by atoms with E-state index in [9.17, 15) is 31.2 Å². The lowest BCUT2D eigenvalue weighted by atomic mass is 10.2. The lowest BCUT2D eigenvalue weighted by molar-refractivity contribution is -0.137. The average Bonchev–Trinajstić information content (AvgIpc) is 2.71. The van der Waals surface area contributed by atoms with Gasteiger partial charge < -0.3 is 10.2 Å². The fourth-order valence-electron chi connectivity index (χ4n) is 3.03. The van der Waals surface area contributed by atoms with Gasteiger partial charge in [-0.05, 0) is 37.3 Å². The largest absolute Gasteiger partial charge is 0.416 e. The number of para-hydroxylation sites is 1. The first-order valence-electron chi connectivity index (χ1n) is 8.60. The normalized spacial score (nSPS) is 18.7. The molecule has 0 fully saturated rings. The second-order valence-corrected chi connectivity index (χ2v) is 8.97. The summed E-state index contributed by atoms with van der Waals surface area (Å²) in [5, 5.41) is 1.36. The highest BCUT2D eigenvalue weighted by atomic mass is 32.2. The number of anilines is 2. The van der Waals surface area contributed by atoms with Gasteiger partial charge in [0.05, 0.1) is 21.4 Å². The Morgan fingerprint density at radius 2 is 1.86 bits per heavy atom. The molecule has 1 heterocycles. The van der Waals surface area contributed by atoms with Gasteiger partial charge in [0.15, 0.2) is 9.84 Å². The number of fused-ring (bicyclic) bond motifs is 1. The van der Waals surface area contributed by atoms with Crippen molar-refractivity contribution in [1.82, 2.24) is 0 Å². The van der Waals surface area contributed by atoms with Gasteiger partial charge in [0, 0.05) is 12.1 Å². The molecular weight excluding hydrogens is 409 g/mol. The number of nitrogens with one attached hydrogen (secondary N) is 1. The van der Waals surface area contributed by atoms with Crippen LogP contribution in [0.4, 0.5) is 24.5 Å². The molecule has 2 aromatic rings. The Bertz CT molecular complexity index is 1070. The van der Waals surface area contributed by atoms with Gasteiger partial charge in [0.1, 0.15) is 6.54 Å². The number of hydrogen-bond acceptors (Lipinski definition) is 4. The Balaban J connectivity index is 1.87. The van der Waals surface area contributed by atoms with E-state index >= 15 is 0 Å². The first-order chi connectivity index (χ1) is 13.5. The van der Waals surface area contributed by atoms with E-state index in [1.54, 1.807) is 0 Å². The quantitative estimate of drug-likeness (QED) is 0.817. The highest BCUT2D eigenvalue weighted by Crippen LogP contribution is 2.33. The standard InChI is InChI=1S/C19H17F3N2O4S/c1-12-9-18(26)24(15-7-2-3-8-16(15)29(12,27)28)11-17(25)23-14-6-4-5-13(10-14)19(20,21)22/h2-8,10,12H,9,11H2,1H3,(H,23,25)/t12-/m0/s1. The molecule has 29 heavy (non-hydrogen) atoms. The molecule has 0 unspecified atom stereocenters. The molecule has 1 atom stereocenters. The molecule has 0 aromatic heterocycles. The van der Waals surface area contributed by atoms with Crippen LogP contribution in [-0.2, 0) is 25.6 Å². The Hall–Kier alpha value is -2.88. The van der Waals surface area contributed by atoms with Crippen LogP contribution in [0.1, 0.15) is 18.9 Å². The van der Waals surface area contributed by atoms with E-state index in [2.05, 4.69) is 5.32 Å². The second-order valence-electron chi connectivity index (χ2n) is 6.63. The zero-order valence-electron chi connectivity index (χ0n) is 15.2. The summed E-state index contributed by atoms with van der Waals surface area (Å²) in [5.74, 6) is -1.32. The molecule has 0 aliphatic carbocycles. The van der Waals surface area contributed by atoms with Crippen molar-refractivity contribution in [2.75, 3.05) is 16.8 Å². The van der Waals surface area contributed by atoms with Crippen LogP contribution in [0.2, 0.25) is 0 Å². The highest BCUT2D eigenvalue weighted by Gasteiger charge is 2.36. The summed E-state index contributed by atoms with van der Waals surface area (Å²) in [6, 6.07) is 9.92. The topological polar surface area (TPSA) is 83.6 Å². The van der Waals surface area contributed by atoms with Crippen LogP contribution in [0.3, 0.4) is 0 Å². The maximum atomic E-state index is 12.8. The van der Waals surface area contributed by atoms with Gasteiger partial charge in [-0.3, -0.25) is 9.59 Å².